The van der Waals surface area contributed by atoms with Crippen molar-refractivity contribution in [3.05, 3.63) is 0 Å². The lowest BCUT2D eigenvalue weighted by atomic mass is 10.3. The Morgan fingerprint density at radius 3 is 2.67 bits per heavy atom. The topological polar surface area (TPSA) is 15.3 Å². The molecule has 0 saturated heterocycles. The van der Waals surface area contributed by atoms with Gasteiger partial charge >= 0.3 is 0 Å². The standard InChI is InChI=1S/C12H26N2S/c1-3-14(12-6-7-12)10-9-13-8-4-5-11-15-2/h12-13H,3-11H2,1-2H3. The van der Waals surface area contributed by atoms with Gasteiger partial charge in [-0.1, -0.05) is 6.92 Å². The van der Waals surface area contributed by atoms with Crippen LogP contribution in [0.1, 0.15) is 32.6 Å². The molecule has 0 aromatic carbocycles. The Morgan fingerprint density at radius 1 is 1.27 bits per heavy atom. The summed E-state index contributed by atoms with van der Waals surface area (Å²) in [4.78, 5) is 2.61. The molecule has 0 radical (unpaired) electrons. The number of nitrogens with one attached hydrogen (secondary N) is 1. The fraction of sp³-hybridized carbons (Fsp3) is 1.00. The molecule has 0 heterocycles. The van der Waals surface area contributed by atoms with Crippen LogP contribution in [0.5, 0.6) is 0 Å². The van der Waals surface area contributed by atoms with E-state index < -0.39 is 0 Å². The van der Waals surface area contributed by atoms with Gasteiger partial charge < -0.3 is 5.32 Å². The molecular formula is C12H26N2S. The van der Waals surface area contributed by atoms with E-state index in [2.05, 4.69) is 23.4 Å². The van der Waals surface area contributed by atoms with E-state index in [9.17, 15) is 0 Å². The van der Waals surface area contributed by atoms with Crippen molar-refractivity contribution in [2.45, 2.75) is 38.6 Å². The number of nitrogens with zero attached hydrogens (tertiary/aromatic N) is 1. The molecular weight excluding hydrogens is 204 g/mol. The van der Waals surface area contributed by atoms with Gasteiger partial charge in [-0.2, -0.15) is 11.8 Å². The molecule has 15 heavy (non-hydrogen) atoms. The minimum Gasteiger partial charge on any atom is -0.315 e. The summed E-state index contributed by atoms with van der Waals surface area (Å²) in [6, 6.07) is 0.924. The Kier molecular flexibility index (Phi) is 7.49. The molecule has 1 rings (SSSR count). The van der Waals surface area contributed by atoms with Gasteiger partial charge in [0.1, 0.15) is 0 Å². The van der Waals surface area contributed by atoms with Crippen LogP contribution >= 0.6 is 11.8 Å². The van der Waals surface area contributed by atoms with Crippen LogP contribution in [0.2, 0.25) is 0 Å². The molecule has 0 atom stereocenters. The van der Waals surface area contributed by atoms with Crippen molar-refractivity contribution in [2.24, 2.45) is 0 Å². The van der Waals surface area contributed by atoms with E-state index in [-0.39, 0.29) is 0 Å². The molecule has 1 fully saturated rings. The second kappa shape index (κ2) is 8.43. The van der Waals surface area contributed by atoms with E-state index in [1.165, 1.54) is 57.6 Å². The summed E-state index contributed by atoms with van der Waals surface area (Å²) in [6.07, 6.45) is 7.73. The summed E-state index contributed by atoms with van der Waals surface area (Å²) >= 11 is 1.95. The highest BCUT2D eigenvalue weighted by molar-refractivity contribution is 7.98. The molecule has 0 bridgehead atoms. The van der Waals surface area contributed by atoms with Gasteiger partial charge in [-0.25, -0.2) is 0 Å². The molecule has 0 aromatic heterocycles. The Labute approximate surface area is 99.2 Å². The van der Waals surface area contributed by atoms with Crippen molar-refractivity contribution in [3.63, 3.8) is 0 Å². The number of hydrogen-bond acceptors (Lipinski definition) is 3. The van der Waals surface area contributed by atoms with Crippen LogP contribution in [0.15, 0.2) is 0 Å². The van der Waals surface area contributed by atoms with Gasteiger partial charge in [0.15, 0.2) is 0 Å². The summed E-state index contributed by atoms with van der Waals surface area (Å²) in [5.74, 6) is 1.31. The van der Waals surface area contributed by atoms with E-state index >= 15 is 0 Å². The lowest BCUT2D eigenvalue weighted by molar-refractivity contribution is 0.277. The molecule has 3 heteroatoms. The SMILES string of the molecule is CCN(CCNCCCCSC)C1CC1. The maximum Gasteiger partial charge on any atom is 0.0110 e. The van der Waals surface area contributed by atoms with Gasteiger partial charge in [-0.3, -0.25) is 4.90 Å². The van der Waals surface area contributed by atoms with Crippen molar-refractivity contribution in [1.29, 1.82) is 0 Å². The molecule has 0 aromatic rings. The van der Waals surface area contributed by atoms with Crippen molar-refractivity contribution in [2.75, 3.05) is 38.2 Å². The molecule has 0 spiro atoms. The summed E-state index contributed by atoms with van der Waals surface area (Å²) in [5.41, 5.74) is 0. The van der Waals surface area contributed by atoms with Gasteiger partial charge in [-0.05, 0) is 50.8 Å². The highest BCUT2D eigenvalue weighted by Crippen LogP contribution is 2.25. The zero-order valence-electron chi connectivity index (χ0n) is 10.3. The van der Waals surface area contributed by atoms with E-state index in [0.29, 0.717) is 0 Å². The molecule has 0 amide bonds. The van der Waals surface area contributed by atoms with Crippen LogP contribution in [0.25, 0.3) is 0 Å². The number of rotatable bonds is 10. The predicted molar refractivity (Wildman–Crippen MR) is 70.8 cm³/mol. The van der Waals surface area contributed by atoms with Crippen molar-refractivity contribution < 1.29 is 0 Å². The summed E-state index contributed by atoms with van der Waals surface area (Å²) in [7, 11) is 0. The molecule has 0 aliphatic heterocycles. The summed E-state index contributed by atoms with van der Waals surface area (Å²) in [5, 5.41) is 3.54. The lowest BCUT2D eigenvalue weighted by Crippen LogP contribution is -2.33. The van der Waals surface area contributed by atoms with Crippen LogP contribution < -0.4 is 5.32 Å². The Bertz CT molecular complexity index is 149. The second-order valence-electron chi connectivity index (χ2n) is 4.31. The van der Waals surface area contributed by atoms with E-state index in [4.69, 9.17) is 0 Å². The third-order valence-electron chi connectivity index (χ3n) is 3.00. The molecule has 1 saturated carbocycles. The first-order chi connectivity index (χ1) is 7.38. The average Bonchev–Trinajstić information content (AvgIpc) is 3.06. The summed E-state index contributed by atoms with van der Waals surface area (Å²) < 4.78 is 0. The second-order valence-corrected chi connectivity index (χ2v) is 5.30. The fourth-order valence-corrected chi connectivity index (χ4v) is 2.38. The molecule has 1 aliphatic rings. The average molecular weight is 230 g/mol. The maximum atomic E-state index is 3.54. The Hall–Kier alpha value is 0.270. The maximum absolute atomic E-state index is 3.54. The molecule has 1 N–H and O–H groups in total. The molecule has 2 nitrogen and oxygen atoms in total. The van der Waals surface area contributed by atoms with Crippen LogP contribution in [0.3, 0.4) is 0 Å². The monoisotopic (exact) mass is 230 g/mol. The molecule has 0 unspecified atom stereocenters. The van der Waals surface area contributed by atoms with Crippen LogP contribution in [0.4, 0.5) is 0 Å². The Balaban J connectivity index is 1.83. The highest BCUT2D eigenvalue weighted by atomic mass is 32.2. The van der Waals surface area contributed by atoms with Crippen LogP contribution in [-0.4, -0.2) is 49.1 Å². The van der Waals surface area contributed by atoms with E-state index in [0.717, 1.165) is 6.04 Å². The van der Waals surface area contributed by atoms with Crippen LogP contribution in [-0.2, 0) is 0 Å². The zero-order valence-corrected chi connectivity index (χ0v) is 11.1. The minimum atomic E-state index is 0.924. The van der Waals surface area contributed by atoms with Gasteiger partial charge in [0.2, 0.25) is 0 Å². The fourth-order valence-electron chi connectivity index (χ4n) is 1.88. The minimum absolute atomic E-state index is 0.924. The first-order valence-electron chi connectivity index (χ1n) is 6.32. The van der Waals surface area contributed by atoms with Crippen LogP contribution in [0, 0.1) is 0 Å². The van der Waals surface area contributed by atoms with Gasteiger partial charge in [0, 0.05) is 19.1 Å². The van der Waals surface area contributed by atoms with Crippen molar-refractivity contribution in [3.8, 4) is 0 Å². The number of likely N-dealkylation sites (N-methyl/N-ethyl adjacent to an activating group) is 1. The lowest BCUT2D eigenvalue weighted by Gasteiger charge is -2.19. The van der Waals surface area contributed by atoms with E-state index in [1.54, 1.807) is 0 Å². The Morgan fingerprint density at radius 2 is 2.07 bits per heavy atom. The molecule has 1 aliphatic carbocycles. The normalized spacial score (nSPS) is 16.2. The predicted octanol–water partition coefficient (Wildman–Crippen LogP) is 2.20. The quantitative estimate of drug-likeness (QED) is 0.579. The largest absolute Gasteiger partial charge is 0.315 e. The smallest absolute Gasteiger partial charge is 0.0110 e. The van der Waals surface area contributed by atoms with Gasteiger partial charge in [0.05, 0.1) is 0 Å². The van der Waals surface area contributed by atoms with Crippen molar-refractivity contribution in [1.82, 2.24) is 10.2 Å². The summed E-state index contributed by atoms with van der Waals surface area (Å²) in [6.45, 7) is 7.10. The van der Waals surface area contributed by atoms with Crippen molar-refractivity contribution >= 4 is 11.8 Å². The first kappa shape index (κ1) is 13.3. The highest BCUT2D eigenvalue weighted by Gasteiger charge is 2.26. The number of unbranched alkanes of at least 4 members (excludes halogenated alkanes) is 1. The van der Waals surface area contributed by atoms with Gasteiger partial charge in [0.25, 0.3) is 0 Å². The molecule has 90 valence electrons. The third kappa shape index (κ3) is 6.44. The van der Waals surface area contributed by atoms with Gasteiger partial charge in [-0.15, -0.1) is 0 Å². The number of hydrogen-bond donors (Lipinski definition) is 1. The third-order valence-corrected chi connectivity index (χ3v) is 3.69. The first-order valence-corrected chi connectivity index (χ1v) is 7.71. The number of thioether (sulfide) groups is 1. The zero-order chi connectivity index (χ0) is 10.9. The van der Waals surface area contributed by atoms with E-state index in [1.807, 2.05) is 11.8 Å².